The Morgan fingerprint density at radius 3 is 2.20 bits per heavy atom. The number of carbonyl (C=O) groups excluding carboxylic acids is 1. The van der Waals surface area contributed by atoms with Crippen molar-refractivity contribution >= 4 is 5.78 Å². The minimum Gasteiger partial charge on any atom is -0.366 e. The molecule has 0 saturated carbocycles. The molecule has 2 heteroatoms. The first-order valence-corrected chi connectivity index (χ1v) is 7.04. The average Bonchev–Trinajstić information content (AvgIpc) is 2.52. The summed E-state index contributed by atoms with van der Waals surface area (Å²) in [5.41, 5.74) is 2.12. The van der Waals surface area contributed by atoms with E-state index in [-0.39, 0.29) is 5.78 Å². The maximum atomic E-state index is 12.4. The molecule has 0 aromatic heterocycles. The lowest BCUT2D eigenvalue weighted by Gasteiger charge is -2.16. The third-order valence-corrected chi connectivity index (χ3v) is 3.23. The minimum absolute atomic E-state index is 0.141. The lowest BCUT2D eigenvalue weighted by molar-refractivity contribution is -0.130. The number of ether oxygens (including phenoxy) is 1. The van der Waals surface area contributed by atoms with Gasteiger partial charge in [0.2, 0.25) is 0 Å². The summed E-state index contributed by atoms with van der Waals surface area (Å²) in [4.78, 5) is 12.4. The average molecular weight is 268 g/mol. The van der Waals surface area contributed by atoms with Crippen LogP contribution in [0.2, 0.25) is 0 Å². The highest BCUT2D eigenvalue weighted by Crippen LogP contribution is 2.20. The SMILES string of the molecule is CCOC(C(=O)CCc1ccccc1)c1ccccc1. The van der Waals surface area contributed by atoms with Crippen LogP contribution >= 0.6 is 0 Å². The van der Waals surface area contributed by atoms with Gasteiger partial charge in [-0.15, -0.1) is 0 Å². The second kappa shape index (κ2) is 7.61. The Kier molecular flexibility index (Phi) is 5.51. The predicted octanol–water partition coefficient (Wildman–Crippen LogP) is 3.97. The van der Waals surface area contributed by atoms with E-state index in [2.05, 4.69) is 0 Å². The molecular formula is C18H20O2. The molecule has 2 aromatic rings. The zero-order valence-corrected chi connectivity index (χ0v) is 11.8. The molecule has 0 heterocycles. The van der Waals surface area contributed by atoms with Crippen LogP contribution in [0, 0.1) is 0 Å². The largest absolute Gasteiger partial charge is 0.366 e. The first-order chi connectivity index (χ1) is 9.81. The van der Waals surface area contributed by atoms with Gasteiger partial charge in [0, 0.05) is 13.0 Å². The Balaban J connectivity index is 2.01. The van der Waals surface area contributed by atoms with Gasteiger partial charge in [0.05, 0.1) is 0 Å². The molecule has 0 spiro atoms. The number of aryl methyl sites for hydroxylation is 1. The first-order valence-electron chi connectivity index (χ1n) is 7.04. The van der Waals surface area contributed by atoms with E-state index >= 15 is 0 Å². The fourth-order valence-electron chi connectivity index (χ4n) is 2.21. The van der Waals surface area contributed by atoms with Crippen LogP contribution in [0.4, 0.5) is 0 Å². The van der Waals surface area contributed by atoms with Gasteiger partial charge in [-0.25, -0.2) is 0 Å². The Morgan fingerprint density at radius 2 is 1.60 bits per heavy atom. The lowest BCUT2D eigenvalue weighted by Crippen LogP contribution is -2.16. The van der Waals surface area contributed by atoms with Crippen LogP contribution in [0.1, 0.15) is 30.6 Å². The van der Waals surface area contributed by atoms with E-state index in [1.165, 1.54) is 5.56 Å². The minimum atomic E-state index is -0.440. The number of carbonyl (C=O) groups is 1. The summed E-state index contributed by atoms with van der Waals surface area (Å²) in [6.45, 7) is 2.46. The molecule has 0 aliphatic rings. The van der Waals surface area contributed by atoms with Gasteiger partial charge in [0.1, 0.15) is 6.10 Å². The summed E-state index contributed by atoms with van der Waals surface area (Å²) < 4.78 is 5.63. The van der Waals surface area contributed by atoms with Crippen LogP contribution in [0.25, 0.3) is 0 Å². The maximum Gasteiger partial charge on any atom is 0.166 e. The molecule has 2 aromatic carbocycles. The fourth-order valence-corrected chi connectivity index (χ4v) is 2.21. The Hall–Kier alpha value is -1.93. The summed E-state index contributed by atoms with van der Waals surface area (Å²) in [7, 11) is 0. The molecule has 0 saturated heterocycles. The molecule has 1 unspecified atom stereocenters. The van der Waals surface area contributed by atoms with Crippen molar-refractivity contribution in [2.24, 2.45) is 0 Å². The molecule has 2 rings (SSSR count). The van der Waals surface area contributed by atoms with Crippen LogP contribution in [-0.2, 0) is 16.0 Å². The van der Waals surface area contributed by atoms with Crippen LogP contribution < -0.4 is 0 Å². The second-order valence-electron chi connectivity index (χ2n) is 4.70. The quantitative estimate of drug-likeness (QED) is 0.759. The van der Waals surface area contributed by atoms with Crippen molar-refractivity contribution in [2.75, 3.05) is 6.61 Å². The van der Waals surface area contributed by atoms with Crippen molar-refractivity contribution < 1.29 is 9.53 Å². The molecule has 2 nitrogen and oxygen atoms in total. The van der Waals surface area contributed by atoms with E-state index in [9.17, 15) is 4.79 Å². The zero-order chi connectivity index (χ0) is 14.2. The van der Waals surface area contributed by atoms with Gasteiger partial charge in [0.15, 0.2) is 5.78 Å². The van der Waals surface area contributed by atoms with Crippen LogP contribution in [0.5, 0.6) is 0 Å². The maximum absolute atomic E-state index is 12.4. The summed E-state index contributed by atoms with van der Waals surface area (Å²) in [6, 6.07) is 19.8. The Morgan fingerprint density at radius 1 is 1.00 bits per heavy atom. The monoisotopic (exact) mass is 268 g/mol. The molecular weight excluding hydrogens is 248 g/mol. The van der Waals surface area contributed by atoms with Crippen molar-refractivity contribution in [2.45, 2.75) is 25.9 Å². The summed E-state index contributed by atoms with van der Waals surface area (Å²) in [6.07, 6.45) is 0.824. The van der Waals surface area contributed by atoms with E-state index < -0.39 is 6.10 Å². The van der Waals surface area contributed by atoms with E-state index in [1.54, 1.807) is 0 Å². The van der Waals surface area contributed by atoms with Crippen LogP contribution in [0.15, 0.2) is 60.7 Å². The summed E-state index contributed by atoms with van der Waals surface area (Å²) in [5.74, 6) is 0.141. The van der Waals surface area contributed by atoms with Crippen molar-refractivity contribution in [1.29, 1.82) is 0 Å². The summed E-state index contributed by atoms with van der Waals surface area (Å²) in [5, 5.41) is 0. The van der Waals surface area contributed by atoms with Gasteiger partial charge in [-0.05, 0) is 24.5 Å². The molecule has 0 aliphatic heterocycles. The van der Waals surface area contributed by atoms with Gasteiger partial charge in [0.25, 0.3) is 0 Å². The molecule has 104 valence electrons. The van der Waals surface area contributed by atoms with Gasteiger partial charge < -0.3 is 4.74 Å². The second-order valence-corrected chi connectivity index (χ2v) is 4.70. The van der Waals surface area contributed by atoms with Gasteiger partial charge >= 0.3 is 0 Å². The Bertz CT molecular complexity index is 520. The van der Waals surface area contributed by atoms with Crippen molar-refractivity contribution in [3.05, 3.63) is 71.8 Å². The van der Waals surface area contributed by atoms with E-state index in [0.717, 1.165) is 12.0 Å². The van der Waals surface area contributed by atoms with Crippen molar-refractivity contribution in [1.82, 2.24) is 0 Å². The molecule has 0 bridgehead atoms. The Labute approximate surface area is 120 Å². The number of hydrogen-bond donors (Lipinski definition) is 0. The van der Waals surface area contributed by atoms with Crippen LogP contribution in [-0.4, -0.2) is 12.4 Å². The highest BCUT2D eigenvalue weighted by Gasteiger charge is 2.20. The fraction of sp³-hybridized carbons (Fsp3) is 0.278. The van der Waals surface area contributed by atoms with E-state index in [4.69, 9.17) is 4.74 Å². The molecule has 0 aliphatic carbocycles. The smallest absolute Gasteiger partial charge is 0.166 e. The zero-order valence-electron chi connectivity index (χ0n) is 11.8. The predicted molar refractivity (Wildman–Crippen MR) is 80.6 cm³/mol. The van der Waals surface area contributed by atoms with Gasteiger partial charge in [-0.2, -0.15) is 0 Å². The molecule has 0 amide bonds. The van der Waals surface area contributed by atoms with Crippen molar-refractivity contribution in [3.63, 3.8) is 0 Å². The highest BCUT2D eigenvalue weighted by atomic mass is 16.5. The van der Waals surface area contributed by atoms with Gasteiger partial charge in [-0.1, -0.05) is 60.7 Å². The molecule has 1 atom stereocenters. The van der Waals surface area contributed by atoms with Crippen molar-refractivity contribution in [3.8, 4) is 0 Å². The molecule has 20 heavy (non-hydrogen) atoms. The molecule has 0 N–H and O–H groups in total. The number of rotatable bonds is 7. The normalized spacial score (nSPS) is 12.1. The number of benzene rings is 2. The van der Waals surface area contributed by atoms with E-state index in [0.29, 0.717) is 13.0 Å². The van der Waals surface area contributed by atoms with Gasteiger partial charge in [-0.3, -0.25) is 4.79 Å². The highest BCUT2D eigenvalue weighted by molar-refractivity contribution is 5.84. The lowest BCUT2D eigenvalue weighted by atomic mass is 10.00. The third-order valence-electron chi connectivity index (χ3n) is 3.23. The number of hydrogen-bond acceptors (Lipinski definition) is 2. The summed E-state index contributed by atoms with van der Waals surface area (Å²) >= 11 is 0. The topological polar surface area (TPSA) is 26.3 Å². The van der Waals surface area contributed by atoms with E-state index in [1.807, 2.05) is 67.6 Å². The number of ketones is 1. The van der Waals surface area contributed by atoms with Crippen LogP contribution in [0.3, 0.4) is 0 Å². The standard InChI is InChI=1S/C18H20O2/c1-2-20-18(16-11-7-4-8-12-16)17(19)14-13-15-9-5-3-6-10-15/h3-12,18H,2,13-14H2,1H3. The number of Topliss-reactive ketones (excluding diaryl/α,β-unsaturated/α-hetero) is 1. The molecule has 0 fully saturated rings. The molecule has 0 radical (unpaired) electrons. The first kappa shape index (κ1) is 14.5. The third kappa shape index (κ3) is 4.04.